The molecular weight excluding hydrogens is 292 g/mol. The lowest BCUT2D eigenvalue weighted by Gasteiger charge is -2.21. The van der Waals surface area contributed by atoms with Gasteiger partial charge in [-0.2, -0.15) is 0 Å². The Kier molecular flexibility index (Phi) is 3.60. The molecule has 23 heavy (non-hydrogen) atoms. The maximum absolute atomic E-state index is 12.7. The summed E-state index contributed by atoms with van der Waals surface area (Å²) in [5.74, 6) is -0.771. The van der Waals surface area contributed by atoms with Gasteiger partial charge in [-0.1, -0.05) is 24.3 Å². The predicted molar refractivity (Wildman–Crippen MR) is 85.2 cm³/mol. The number of aromatic hydroxyl groups is 1. The van der Waals surface area contributed by atoms with E-state index >= 15 is 0 Å². The molecule has 0 atom stereocenters. The zero-order chi connectivity index (χ0) is 16.7. The fourth-order valence-electron chi connectivity index (χ4n) is 3.03. The molecule has 2 aromatic rings. The third-order valence-electron chi connectivity index (χ3n) is 4.24. The first-order valence-electron chi connectivity index (χ1n) is 7.45. The smallest absolute Gasteiger partial charge is 0.198 e. The maximum atomic E-state index is 12.7. The van der Waals surface area contributed by atoms with Gasteiger partial charge in [-0.05, 0) is 37.5 Å². The van der Waals surface area contributed by atoms with Gasteiger partial charge < -0.3 is 9.90 Å². The number of fused-ring (bicyclic) bond motifs is 2. The van der Waals surface area contributed by atoms with Crippen LogP contribution in [0.3, 0.4) is 0 Å². The van der Waals surface area contributed by atoms with Crippen LogP contribution >= 0.6 is 0 Å². The normalized spacial score (nSPS) is 12.8. The third-order valence-corrected chi connectivity index (χ3v) is 4.24. The molecule has 116 valence electrons. The molecule has 3 rings (SSSR count). The molecule has 0 aromatic heterocycles. The monoisotopic (exact) mass is 308 g/mol. The number of phenolic OH excluding ortho intramolecular Hbond substituents is 1. The highest BCUT2D eigenvalue weighted by atomic mass is 16.3. The summed E-state index contributed by atoms with van der Waals surface area (Å²) >= 11 is 0. The summed E-state index contributed by atoms with van der Waals surface area (Å²) in [6.45, 7) is 3.25. The van der Waals surface area contributed by atoms with Gasteiger partial charge in [0.1, 0.15) is 11.5 Å². The molecule has 0 radical (unpaired) electrons. The lowest BCUT2D eigenvalue weighted by molar-refractivity contribution is -0.116. The number of Topliss-reactive ketones (excluding diaryl/α,β-unsaturated/α-hetero) is 1. The second-order valence-corrected chi connectivity index (χ2v) is 5.85. The Hall–Kier alpha value is -2.75. The van der Waals surface area contributed by atoms with Crippen molar-refractivity contribution in [3.63, 3.8) is 0 Å². The molecule has 0 bridgehead atoms. The SMILES string of the molecule is CC(=O)CCc1c(C)cc2c(c1O)C(=O)c1ccccc1C2=O. The quantitative estimate of drug-likeness (QED) is 0.807. The number of ketones is 3. The zero-order valence-electron chi connectivity index (χ0n) is 13.0. The van der Waals surface area contributed by atoms with E-state index in [1.165, 1.54) is 6.92 Å². The number of rotatable bonds is 3. The van der Waals surface area contributed by atoms with Crippen molar-refractivity contribution < 1.29 is 19.5 Å². The lowest BCUT2D eigenvalue weighted by atomic mass is 9.81. The molecule has 0 saturated heterocycles. The Bertz CT molecular complexity index is 862. The first-order chi connectivity index (χ1) is 10.9. The van der Waals surface area contributed by atoms with Crippen molar-refractivity contribution in [1.29, 1.82) is 0 Å². The molecular formula is C19H16O4. The van der Waals surface area contributed by atoms with E-state index in [9.17, 15) is 19.5 Å². The van der Waals surface area contributed by atoms with Gasteiger partial charge in [0.05, 0.1) is 5.56 Å². The van der Waals surface area contributed by atoms with Crippen molar-refractivity contribution in [2.45, 2.75) is 26.7 Å². The van der Waals surface area contributed by atoms with Crippen molar-refractivity contribution in [3.8, 4) is 5.75 Å². The number of hydrogen-bond acceptors (Lipinski definition) is 4. The van der Waals surface area contributed by atoms with E-state index in [0.717, 1.165) is 0 Å². The number of benzene rings is 2. The molecule has 0 saturated carbocycles. The first-order valence-corrected chi connectivity index (χ1v) is 7.45. The fraction of sp³-hybridized carbons (Fsp3) is 0.211. The van der Waals surface area contributed by atoms with E-state index < -0.39 is 0 Å². The minimum atomic E-state index is -0.350. The Morgan fingerprint density at radius 3 is 2.26 bits per heavy atom. The number of aryl methyl sites for hydroxylation is 1. The van der Waals surface area contributed by atoms with E-state index in [-0.39, 0.29) is 40.6 Å². The van der Waals surface area contributed by atoms with E-state index in [2.05, 4.69) is 0 Å². The standard InChI is InChI=1S/C19H16O4/c1-10-9-15-16(18(22)12(10)8-7-11(2)20)19(23)14-6-4-3-5-13(14)17(15)21/h3-6,9,22H,7-8H2,1-2H3. The van der Waals surface area contributed by atoms with Gasteiger partial charge in [0.15, 0.2) is 11.6 Å². The molecule has 0 amide bonds. The molecule has 1 aliphatic carbocycles. The molecule has 0 spiro atoms. The van der Waals surface area contributed by atoms with E-state index in [4.69, 9.17) is 0 Å². The van der Waals surface area contributed by atoms with Crippen LogP contribution in [0.4, 0.5) is 0 Å². The summed E-state index contributed by atoms with van der Waals surface area (Å²) < 4.78 is 0. The third kappa shape index (κ3) is 2.36. The second-order valence-electron chi connectivity index (χ2n) is 5.85. The highest BCUT2D eigenvalue weighted by Gasteiger charge is 2.33. The van der Waals surface area contributed by atoms with Gasteiger partial charge >= 0.3 is 0 Å². The van der Waals surface area contributed by atoms with E-state index in [1.54, 1.807) is 37.3 Å². The van der Waals surface area contributed by atoms with Crippen LogP contribution in [-0.4, -0.2) is 22.5 Å². The Balaban J connectivity index is 2.19. The average molecular weight is 308 g/mol. The number of hydrogen-bond donors (Lipinski definition) is 1. The van der Waals surface area contributed by atoms with Crippen molar-refractivity contribution in [2.75, 3.05) is 0 Å². The van der Waals surface area contributed by atoms with E-state index in [1.807, 2.05) is 0 Å². The largest absolute Gasteiger partial charge is 0.507 e. The summed E-state index contributed by atoms with van der Waals surface area (Å²) in [5.41, 5.74) is 2.22. The number of carbonyl (C=O) groups is 3. The van der Waals surface area contributed by atoms with Gasteiger partial charge in [-0.15, -0.1) is 0 Å². The van der Waals surface area contributed by atoms with Crippen molar-refractivity contribution in [3.05, 3.63) is 63.7 Å². The van der Waals surface area contributed by atoms with Crippen molar-refractivity contribution in [2.24, 2.45) is 0 Å². The van der Waals surface area contributed by atoms with Crippen molar-refractivity contribution >= 4 is 17.3 Å². The summed E-state index contributed by atoms with van der Waals surface area (Å²) in [5, 5.41) is 10.6. The second kappa shape index (κ2) is 5.47. The van der Waals surface area contributed by atoms with Crippen LogP contribution in [0.1, 0.15) is 56.3 Å². The molecule has 0 aliphatic heterocycles. The van der Waals surface area contributed by atoms with Crippen LogP contribution in [0.25, 0.3) is 0 Å². The topological polar surface area (TPSA) is 71.4 Å². The molecule has 4 nitrogen and oxygen atoms in total. The molecule has 0 heterocycles. The van der Waals surface area contributed by atoms with Gasteiger partial charge in [0.2, 0.25) is 0 Å². The first kappa shape index (κ1) is 15.2. The van der Waals surface area contributed by atoms with Gasteiger partial charge in [0, 0.05) is 23.1 Å². The number of phenols is 1. The molecule has 0 unspecified atom stereocenters. The number of carbonyl (C=O) groups excluding carboxylic acids is 3. The van der Waals surface area contributed by atoms with Crippen LogP contribution < -0.4 is 0 Å². The van der Waals surface area contributed by atoms with Crippen LogP contribution in [-0.2, 0) is 11.2 Å². The molecule has 4 heteroatoms. The lowest BCUT2D eigenvalue weighted by Crippen LogP contribution is -2.22. The van der Waals surface area contributed by atoms with Crippen LogP contribution in [0.15, 0.2) is 30.3 Å². The minimum Gasteiger partial charge on any atom is -0.507 e. The van der Waals surface area contributed by atoms with Gasteiger partial charge in [-0.25, -0.2) is 0 Å². The van der Waals surface area contributed by atoms with Gasteiger partial charge in [0.25, 0.3) is 0 Å². The van der Waals surface area contributed by atoms with Crippen LogP contribution in [0, 0.1) is 6.92 Å². The predicted octanol–water partition coefficient (Wildman–Crippen LogP) is 3.00. The summed E-state index contributed by atoms with van der Waals surface area (Å²) in [4.78, 5) is 36.5. The average Bonchev–Trinajstić information content (AvgIpc) is 2.51. The van der Waals surface area contributed by atoms with E-state index in [0.29, 0.717) is 28.7 Å². The Morgan fingerprint density at radius 1 is 1.04 bits per heavy atom. The van der Waals surface area contributed by atoms with Gasteiger partial charge in [-0.3, -0.25) is 9.59 Å². The zero-order valence-corrected chi connectivity index (χ0v) is 13.0. The summed E-state index contributed by atoms with van der Waals surface area (Å²) in [6.07, 6.45) is 0.634. The molecule has 2 aromatic carbocycles. The fourth-order valence-corrected chi connectivity index (χ4v) is 3.03. The maximum Gasteiger partial charge on any atom is 0.198 e. The van der Waals surface area contributed by atoms with Crippen molar-refractivity contribution in [1.82, 2.24) is 0 Å². The summed E-state index contributed by atoms with van der Waals surface area (Å²) in [6, 6.07) is 8.25. The Morgan fingerprint density at radius 2 is 1.65 bits per heavy atom. The molecule has 1 N–H and O–H groups in total. The Labute approximate surface area is 133 Å². The highest BCUT2D eigenvalue weighted by Crippen LogP contribution is 2.37. The highest BCUT2D eigenvalue weighted by molar-refractivity contribution is 6.29. The van der Waals surface area contributed by atoms with Crippen LogP contribution in [0.5, 0.6) is 5.75 Å². The van der Waals surface area contributed by atoms with Crippen LogP contribution in [0.2, 0.25) is 0 Å². The minimum absolute atomic E-state index is 0.00858. The summed E-state index contributed by atoms with van der Waals surface area (Å²) in [7, 11) is 0. The molecule has 0 fully saturated rings. The molecule has 1 aliphatic rings.